The lowest BCUT2D eigenvalue weighted by molar-refractivity contribution is -0.393. The number of nitrogens with zero attached hydrogens (tertiary/aromatic N) is 4. The van der Waals surface area contributed by atoms with Crippen LogP contribution in [0.25, 0.3) is 21.9 Å². The fourth-order valence-corrected chi connectivity index (χ4v) is 3.34. The molecule has 0 atom stereocenters. The smallest absolute Gasteiger partial charge is 0.347 e. The van der Waals surface area contributed by atoms with Crippen LogP contribution in [0.15, 0.2) is 54.8 Å². The monoisotopic (exact) mass is 498 g/mol. The van der Waals surface area contributed by atoms with E-state index in [-0.39, 0.29) is 0 Å². The van der Waals surface area contributed by atoms with Gasteiger partial charge in [0.1, 0.15) is 11.1 Å². The number of rotatable bonds is 6. The first-order valence-electron chi connectivity index (χ1n) is 9.25. The van der Waals surface area contributed by atoms with E-state index in [0.717, 1.165) is 24.3 Å². The van der Waals surface area contributed by atoms with E-state index in [1.54, 1.807) is 0 Å². The molecule has 2 aromatic carbocycles. The third-order valence-corrected chi connectivity index (χ3v) is 4.90. The SMILES string of the molecule is O=C(c1cc2cc([N+](=O)[O-])cc([N+](=O)[O-])c2oc1=O)c1cc2cc([N+](=O)[O-])cc([N+](=O)[O-])c2oc1=O. The predicted octanol–water partition coefficient (Wildman–Crippen LogP) is 2.76. The maximum atomic E-state index is 13.0. The van der Waals surface area contributed by atoms with Crippen LogP contribution < -0.4 is 11.3 Å². The Morgan fingerprint density at radius 1 is 0.583 bits per heavy atom. The summed E-state index contributed by atoms with van der Waals surface area (Å²) < 4.78 is 9.68. The van der Waals surface area contributed by atoms with Crippen LogP contribution in [0.5, 0.6) is 0 Å². The van der Waals surface area contributed by atoms with Crippen molar-refractivity contribution in [1.29, 1.82) is 0 Å². The summed E-state index contributed by atoms with van der Waals surface area (Å²) in [5.74, 6) is -1.37. The van der Waals surface area contributed by atoms with Gasteiger partial charge in [-0.15, -0.1) is 0 Å². The molecule has 0 radical (unpaired) electrons. The summed E-state index contributed by atoms with van der Waals surface area (Å²) >= 11 is 0. The topological polar surface area (TPSA) is 250 Å². The van der Waals surface area contributed by atoms with Gasteiger partial charge in [-0.05, 0) is 12.1 Å². The molecule has 0 spiro atoms. The Bertz CT molecular complexity index is 1690. The Hall–Kier alpha value is -5.87. The van der Waals surface area contributed by atoms with Crippen LogP contribution in [0.4, 0.5) is 22.7 Å². The molecule has 0 amide bonds. The molecule has 180 valence electrons. The van der Waals surface area contributed by atoms with Gasteiger partial charge in [0.25, 0.3) is 11.4 Å². The Kier molecular flexibility index (Phi) is 5.28. The van der Waals surface area contributed by atoms with Crippen LogP contribution in [-0.2, 0) is 0 Å². The van der Waals surface area contributed by atoms with Crippen molar-refractivity contribution < 1.29 is 33.3 Å². The van der Waals surface area contributed by atoms with Crippen molar-refractivity contribution in [3.05, 3.63) is 109 Å². The molecule has 17 heteroatoms. The van der Waals surface area contributed by atoms with Crippen molar-refractivity contribution in [3.8, 4) is 0 Å². The molecule has 2 aromatic heterocycles. The van der Waals surface area contributed by atoms with Crippen LogP contribution in [0, 0.1) is 40.5 Å². The van der Waals surface area contributed by atoms with E-state index >= 15 is 0 Å². The van der Waals surface area contributed by atoms with Crippen molar-refractivity contribution in [2.45, 2.75) is 0 Å². The zero-order valence-electron chi connectivity index (χ0n) is 17.1. The molecule has 0 fully saturated rings. The number of nitro groups is 4. The lowest BCUT2D eigenvalue weighted by Gasteiger charge is -2.04. The summed E-state index contributed by atoms with van der Waals surface area (Å²) in [6.45, 7) is 0. The molecule has 0 unspecified atom stereocenters. The molecule has 36 heavy (non-hydrogen) atoms. The van der Waals surface area contributed by atoms with E-state index < -0.39 is 92.5 Å². The highest BCUT2D eigenvalue weighted by Gasteiger charge is 2.28. The van der Waals surface area contributed by atoms with Gasteiger partial charge >= 0.3 is 22.6 Å². The van der Waals surface area contributed by atoms with Crippen LogP contribution >= 0.6 is 0 Å². The van der Waals surface area contributed by atoms with E-state index in [1.165, 1.54) is 0 Å². The number of ketones is 1. The highest BCUT2D eigenvalue weighted by Crippen LogP contribution is 2.32. The van der Waals surface area contributed by atoms with Gasteiger partial charge in [0, 0.05) is 22.9 Å². The average Bonchev–Trinajstić information content (AvgIpc) is 2.81. The van der Waals surface area contributed by atoms with Crippen LogP contribution in [-0.4, -0.2) is 25.5 Å². The number of fused-ring (bicyclic) bond motifs is 2. The molecule has 17 nitrogen and oxygen atoms in total. The largest absolute Gasteiger partial charge is 0.415 e. The first-order chi connectivity index (χ1) is 16.9. The highest BCUT2D eigenvalue weighted by molar-refractivity contribution is 6.11. The molecule has 0 aliphatic rings. The van der Waals surface area contributed by atoms with E-state index in [4.69, 9.17) is 8.83 Å². The zero-order valence-corrected chi connectivity index (χ0v) is 17.1. The van der Waals surface area contributed by atoms with E-state index in [1.807, 2.05) is 0 Å². The number of hydrogen-bond acceptors (Lipinski definition) is 13. The minimum absolute atomic E-state index is 0.393. The summed E-state index contributed by atoms with van der Waals surface area (Å²) in [5.41, 5.74) is -9.40. The van der Waals surface area contributed by atoms with Crippen LogP contribution in [0.1, 0.15) is 15.9 Å². The zero-order chi connectivity index (χ0) is 26.5. The lowest BCUT2D eigenvalue weighted by Crippen LogP contribution is -2.21. The Morgan fingerprint density at radius 2 is 0.944 bits per heavy atom. The van der Waals surface area contributed by atoms with Gasteiger partial charge in [0.2, 0.25) is 16.9 Å². The van der Waals surface area contributed by atoms with Gasteiger partial charge in [-0.1, -0.05) is 0 Å². The molecule has 0 saturated heterocycles. The summed E-state index contributed by atoms with van der Waals surface area (Å²) in [7, 11) is 0. The maximum absolute atomic E-state index is 13.0. The number of carbonyl (C=O) groups is 1. The molecule has 4 rings (SSSR count). The van der Waals surface area contributed by atoms with Gasteiger partial charge in [-0.25, -0.2) is 9.59 Å². The summed E-state index contributed by atoms with van der Waals surface area (Å²) in [4.78, 5) is 78.7. The van der Waals surface area contributed by atoms with Crippen molar-refractivity contribution in [3.63, 3.8) is 0 Å². The number of hydrogen-bond donors (Lipinski definition) is 0. The average molecular weight is 498 g/mol. The van der Waals surface area contributed by atoms with Crippen molar-refractivity contribution >= 4 is 50.5 Å². The highest BCUT2D eigenvalue weighted by atomic mass is 16.6. The fraction of sp³-hybridized carbons (Fsp3) is 0. The Balaban J connectivity index is 1.97. The Morgan fingerprint density at radius 3 is 1.25 bits per heavy atom. The standard InChI is InChI=1S/C19H6N4O13/c24-15(11-3-7-1-9(20(27)28)5-13(22(31)32)16(7)35-18(11)25)12-4-8-2-10(21(29)30)6-14(23(33)34)17(8)36-19(12)26/h1-6H. The van der Waals surface area contributed by atoms with Crippen molar-refractivity contribution in [1.82, 2.24) is 0 Å². The number of non-ortho nitro benzene ring substituents is 4. The van der Waals surface area contributed by atoms with E-state index in [0.29, 0.717) is 12.1 Å². The molecular formula is C19H6N4O13. The molecule has 0 aliphatic heterocycles. The molecule has 0 aliphatic carbocycles. The predicted molar refractivity (Wildman–Crippen MR) is 115 cm³/mol. The normalized spacial score (nSPS) is 10.9. The second-order valence-corrected chi connectivity index (χ2v) is 7.02. The Labute approximate surface area is 193 Å². The summed E-state index contributed by atoms with van der Waals surface area (Å²) in [5, 5.41) is 44.0. The lowest BCUT2D eigenvalue weighted by atomic mass is 10.0. The molecule has 0 saturated carbocycles. The second-order valence-electron chi connectivity index (χ2n) is 7.02. The van der Waals surface area contributed by atoms with Gasteiger partial charge in [0.05, 0.1) is 31.8 Å². The van der Waals surface area contributed by atoms with E-state index in [9.17, 15) is 54.8 Å². The summed E-state index contributed by atoms with van der Waals surface area (Å²) in [6.07, 6.45) is 0. The van der Waals surface area contributed by atoms with Gasteiger partial charge in [-0.3, -0.25) is 45.3 Å². The number of carbonyl (C=O) groups excluding carboxylic acids is 1. The number of benzene rings is 2. The minimum atomic E-state index is -1.45. The van der Waals surface area contributed by atoms with Crippen LogP contribution in [0.3, 0.4) is 0 Å². The number of nitro benzene ring substituents is 4. The van der Waals surface area contributed by atoms with Crippen molar-refractivity contribution in [2.24, 2.45) is 0 Å². The maximum Gasteiger partial charge on any atom is 0.347 e. The van der Waals surface area contributed by atoms with E-state index in [2.05, 4.69) is 0 Å². The van der Waals surface area contributed by atoms with Gasteiger partial charge in [0.15, 0.2) is 0 Å². The quantitative estimate of drug-likeness (QED) is 0.161. The summed E-state index contributed by atoms with van der Waals surface area (Å²) in [6, 6.07) is 4.12. The fourth-order valence-electron chi connectivity index (χ4n) is 3.34. The minimum Gasteiger partial charge on any atom is -0.415 e. The molecule has 4 aromatic rings. The van der Waals surface area contributed by atoms with Crippen molar-refractivity contribution in [2.75, 3.05) is 0 Å². The molecule has 2 heterocycles. The molecular weight excluding hydrogens is 492 g/mol. The van der Waals surface area contributed by atoms with Gasteiger partial charge < -0.3 is 8.83 Å². The second kappa shape index (κ2) is 8.17. The molecule has 0 N–H and O–H groups in total. The third kappa shape index (κ3) is 3.77. The first-order valence-corrected chi connectivity index (χ1v) is 9.25. The molecule has 0 bridgehead atoms. The first kappa shape index (κ1) is 23.3. The van der Waals surface area contributed by atoms with Gasteiger partial charge in [-0.2, -0.15) is 0 Å². The third-order valence-electron chi connectivity index (χ3n) is 4.90. The van der Waals surface area contributed by atoms with Crippen LogP contribution in [0.2, 0.25) is 0 Å².